The second-order valence-corrected chi connectivity index (χ2v) is 16.4. The Balaban J connectivity index is 0.967. The lowest BCUT2D eigenvalue weighted by atomic mass is 9.93. The van der Waals surface area contributed by atoms with Gasteiger partial charge >= 0.3 is 0 Å². The first-order chi connectivity index (χ1) is 31.2. The van der Waals surface area contributed by atoms with Gasteiger partial charge in [-0.3, -0.25) is 0 Å². The van der Waals surface area contributed by atoms with E-state index in [1.54, 1.807) is 0 Å². The van der Waals surface area contributed by atoms with Crippen molar-refractivity contribution in [3.63, 3.8) is 0 Å². The molecule has 0 saturated heterocycles. The Morgan fingerprint density at radius 3 is 1.65 bits per heavy atom. The maximum absolute atomic E-state index is 6.81. The highest BCUT2D eigenvalue weighted by Crippen LogP contribution is 2.46. The predicted molar refractivity (Wildman–Crippen MR) is 265 cm³/mol. The van der Waals surface area contributed by atoms with Crippen molar-refractivity contribution in [2.45, 2.75) is 0 Å². The number of benzene rings is 11. The first-order valence-electron chi connectivity index (χ1n) is 21.5. The minimum Gasteiger partial charge on any atom is -0.456 e. The van der Waals surface area contributed by atoms with Crippen molar-refractivity contribution in [3.05, 3.63) is 224 Å². The summed E-state index contributed by atoms with van der Waals surface area (Å²) in [7, 11) is 0. The topological polar surface area (TPSA) is 29.5 Å². The van der Waals surface area contributed by atoms with Crippen LogP contribution in [0.3, 0.4) is 0 Å². The average molecular weight is 804 g/mol. The molecule has 13 aromatic rings. The van der Waals surface area contributed by atoms with Crippen molar-refractivity contribution in [1.82, 2.24) is 0 Å². The maximum atomic E-state index is 6.81. The van der Waals surface area contributed by atoms with E-state index in [0.717, 1.165) is 83.2 Å². The van der Waals surface area contributed by atoms with Crippen LogP contribution in [0, 0.1) is 0 Å². The van der Waals surface area contributed by atoms with Crippen molar-refractivity contribution >= 4 is 93.3 Å². The minimum atomic E-state index is 0.880. The summed E-state index contributed by atoms with van der Waals surface area (Å²) in [5, 5.41) is 11.9. The van der Waals surface area contributed by atoms with Crippen LogP contribution in [-0.2, 0) is 0 Å². The second-order valence-electron chi connectivity index (χ2n) is 16.4. The molecule has 3 heteroatoms. The van der Waals surface area contributed by atoms with Crippen molar-refractivity contribution in [2.75, 3.05) is 4.90 Å². The van der Waals surface area contributed by atoms with E-state index in [9.17, 15) is 0 Å². The summed E-state index contributed by atoms with van der Waals surface area (Å²) in [6, 6.07) is 80.6. The SMILES string of the molecule is c1ccc(N(c2ccc(-c3ccc4c(c3)oc3ccccc34)cc2)c2ccc(-c3cc4ccccc4c4ccccc34)cc2)c(-c2cccc3c2oc2cc4ccccc4cc23)c1. The van der Waals surface area contributed by atoms with Crippen molar-refractivity contribution in [3.8, 4) is 33.4 Å². The quantitative estimate of drug-likeness (QED) is 0.157. The van der Waals surface area contributed by atoms with Gasteiger partial charge in [0.1, 0.15) is 22.3 Å². The monoisotopic (exact) mass is 803 g/mol. The molecule has 2 heterocycles. The highest BCUT2D eigenvalue weighted by molar-refractivity contribution is 6.15. The number of anilines is 3. The standard InChI is InChI=1S/C60H37NO2/c1-2-13-41-36-59-55(34-40(41)12-1)53-21-11-20-52(60(53)63-59)49-18-7-9-22-56(49)61(44-29-24-38(25-30-44)42-28-33-51-50-19-8-10-23-57(50)62-58(51)37-42)45-31-26-39(27-32-45)54-35-43-14-3-4-15-46(43)47-16-5-6-17-48(47)54/h1-37H. The summed E-state index contributed by atoms with van der Waals surface area (Å²) < 4.78 is 13.1. The van der Waals surface area contributed by atoms with Crippen LogP contribution < -0.4 is 4.90 Å². The Labute approximate surface area is 363 Å². The van der Waals surface area contributed by atoms with Crippen LogP contribution in [0.2, 0.25) is 0 Å². The molecule has 63 heavy (non-hydrogen) atoms. The first-order valence-corrected chi connectivity index (χ1v) is 21.5. The Bertz CT molecular complexity index is 3910. The largest absolute Gasteiger partial charge is 0.456 e. The van der Waals surface area contributed by atoms with Crippen LogP contribution in [0.25, 0.3) is 110 Å². The zero-order chi connectivity index (χ0) is 41.4. The molecule has 0 saturated carbocycles. The van der Waals surface area contributed by atoms with Crippen LogP contribution in [0.15, 0.2) is 233 Å². The Morgan fingerprint density at radius 2 is 0.841 bits per heavy atom. The van der Waals surface area contributed by atoms with Crippen LogP contribution in [0.1, 0.15) is 0 Å². The lowest BCUT2D eigenvalue weighted by molar-refractivity contribution is 0.669. The molecule has 0 spiro atoms. The summed E-state index contributed by atoms with van der Waals surface area (Å²) in [5.41, 5.74) is 13.4. The minimum absolute atomic E-state index is 0.880. The number of furan rings is 2. The summed E-state index contributed by atoms with van der Waals surface area (Å²) >= 11 is 0. The molecule has 0 aliphatic rings. The van der Waals surface area contributed by atoms with Gasteiger partial charge in [-0.25, -0.2) is 0 Å². The lowest BCUT2D eigenvalue weighted by Crippen LogP contribution is -2.11. The van der Waals surface area contributed by atoms with E-state index in [2.05, 4.69) is 217 Å². The van der Waals surface area contributed by atoms with Gasteiger partial charge in [0.2, 0.25) is 0 Å². The molecule has 0 fully saturated rings. The molecule has 3 nitrogen and oxygen atoms in total. The molecule has 294 valence electrons. The lowest BCUT2D eigenvalue weighted by Gasteiger charge is -2.28. The summed E-state index contributed by atoms with van der Waals surface area (Å²) in [4.78, 5) is 2.37. The zero-order valence-electron chi connectivity index (χ0n) is 34.1. The molecule has 0 unspecified atom stereocenters. The molecular formula is C60H37NO2. The van der Waals surface area contributed by atoms with Gasteiger partial charge in [-0.15, -0.1) is 0 Å². The van der Waals surface area contributed by atoms with E-state index in [1.807, 2.05) is 12.1 Å². The molecule has 0 atom stereocenters. The summed E-state index contributed by atoms with van der Waals surface area (Å²) in [5.74, 6) is 0. The van der Waals surface area contributed by atoms with Gasteiger partial charge in [0.05, 0.1) is 5.69 Å². The Morgan fingerprint density at radius 1 is 0.270 bits per heavy atom. The molecule has 11 aromatic carbocycles. The average Bonchev–Trinajstić information content (AvgIpc) is 3.91. The van der Waals surface area contributed by atoms with Crippen molar-refractivity contribution in [2.24, 2.45) is 0 Å². The highest BCUT2D eigenvalue weighted by atomic mass is 16.3. The van der Waals surface area contributed by atoms with Crippen LogP contribution in [0.4, 0.5) is 17.1 Å². The third-order valence-electron chi connectivity index (χ3n) is 12.8. The van der Waals surface area contributed by atoms with Gasteiger partial charge in [-0.1, -0.05) is 158 Å². The van der Waals surface area contributed by atoms with Crippen LogP contribution >= 0.6 is 0 Å². The van der Waals surface area contributed by atoms with E-state index in [-0.39, 0.29) is 0 Å². The third kappa shape index (κ3) is 5.75. The van der Waals surface area contributed by atoms with Crippen molar-refractivity contribution in [1.29, 1.82) is 0 Å². The molecule has 0 aliphatic heterocycles. The van der Waals surface area contributed by atoms with Gasteiger partial charge in [0.25, 0.3) is 0 Å². The van der Waals surface area contributed by atoms with Crippen LogP contribution in [0.5, 0.6) is 0 Å². The molecule has 13 rings (SSSR count). The zero-order valence-corrected chi connectivity index (χ0v) is 34.1. The van der Waals surface area contributed by atoms with Gasteiger partial charge in [-0.2, -0.15) is 0 Å². The molecular weight excluding hydrogens is 767 g/mol. The van der Waals surface area contributed by atoms with Gasteiger partial charge in [0.15, 0.2) is 0 Å². The molecule has 0 aliphatic carbocycles. The highest BCUT2D eigenvalue weighted by Gasteiger charge is 2.21. The van der Waals surface area contributed by atoms with E-state index < -0.39 is 0 Å². The summed E-state index contributed by atoms with van der Waals surface area (Å²) in [6.07, 6.45) is 0. The number of rotatable bonds is 6. The number of hydrogen-bond acceptors (Lipinski definition) is 3. The molecule has 2 aromatic heterocycles. The predicted octanol–water partition coefficient (Wildman–Crippen LogP) is 17.4. The molecule has 0 amide bonds. The fraction of sp³-hybridized carbons (Fsp3) is 0. The van der Waals surface area contributed by atoms with Gasteiger partial charge in [-0.05, 0) is 121 Å². The number of hydrogen-bond donors (Lipinski definition) is 0. The molecule has 0 bridgehead atoms. The fourth-order valence-corrected chi connectivity index (χ4v) is 9.81. The first kappa shape index (κ1) is 35.4. The van der Waals surface area contributed by atoms with E-state index in [0.29, 0.717) is 0 Å². The number of para-hydroxylation sites is 3. The van der Waals surface area contributed by atoms with E-state index in [1.165, 1.54) is 43.4 Å². The summed E-state index contributed by atoms with van der Waals surface area (Å²) in [6.45, 7) is 0. The Kier molecular flexibility index (Phi) is 7.91. The fourth-order valence-electron chi connectivity index (χ4n) is 9.81. The normalized spacial score (nSPS) is 11.8. The van der Waals surface area contributed by atoms with Gasteiger partial charge < -0.3 is 13.7 Å². The number of fused-ring (bicyclic) bond motifs is 10. The maximum Gasteiger partial charge on any atom is 0.143 e. The second kappa shape index (κ2) is 14.1. The molecule has 0 N–H and O–H groups in total. The van der Waals surface area contributed by atoms with E-state index >= 15 is 0 Å². The molecule has 0 radical (unpaired) electrons. The smallest absolute Gasteiger partial charge is 0.143 e. The van der Waals surface area contributed by atoms with Gasteiger partial charge in [0, 0.05) is 44.0 Å². The van der Waals surface area contributed by atoms with Crippen molar-refractivity contribution < 1.29 is 8.83 Å². The Hall–Kier alpha value is -8.40. The van der Waals surface area contributed by atoms with E-state index in [4.69, 9.17) is 8.83 Å². The third-order valence-corrected chi connectivity index (χ3v) is 12.8. The number of nitrogens with zero attached hydrogens (tertiary/aromatic N) is 1. The van der Waals surface area contributed by atoms with Crippen LogP contribution in [-0.4, -0.2) is 0 Å².